The van der Waals surface area contributed by atoms with Gasteiger partial charge in [-0.15, -0.1) is 0 Å². The van der Waals surface area contributed by atoms with Crippen molar-refractivity contribution in [2.24, 2.45) is 5.10 Å². The van der Waals surface area contributed by atoms with Crippen LogP contribution in [0.15, 0.2) is 84.0 Å². The van der Waals surface area contributed by atoms with Crippen molar-refractivity contribution in [3.8, 4) is 5.75 Å². The zero-order chi connectivity index (χ0) is 18.2. The second-order valence-corrected chi connectivity index (χ2v) is 5.63. The van der Waals surface area contributed by atoms with Gasteiger partial charge in [0.05, 0.1) is 6.21 Å². The largest absolute Gasteiger partial charge is 0.488 e. The molecule has 0 aromatic heterocycles. The Bertz CT molecular complexity index is 891. The van der Waals surface area contributed by atoms with Crippen LogP contribution in [-0.2, 0) is 6.61 Å². The average Bonchev–Trinajstić information content (AvgIpc) is 2.68. The number of ether oxygens (including phenoxy) is 1. The van der Waals surface area contributed by atoms with Crippen LogP contribution in [-0.4, -0.2) is 12.1 Å². The highest BCUT2D eigenvalue weighted by Crippen LogP contribution is 2.17. The van der Waals surface area contributed by atoms with Crippen LogP contribution < -0.4 is 15.9 Å². The highest BCUT2D eigenvalue weighted by molar-refractivity contribution is 5.95. The van der Waals surface area contributed by atoms with Gasteiger partial charge in [-0.25, -0.2) is 5.43 Å². The number of hydrogen-bond donors (Lipinski definition) is 2. The van der Waals surface area contributed by atoms with Crippen molar-refractivity contribution in [1.82, 2.24) is 5.43 Å². The lowest BCUT2D eigenvalue weighted by Crippen LogP contribution is -2.17. The van der Waals surface area contributed by atoms with Gasteiger partial charge in [-0.1, -0.05) is 42.5 Å². The molecule has 0 radical (unpaired) electrons. The Hall–Kier alpha value is -3.60. The third-order valence-corrected chi connectivity index (χ3v) is 3.70. The van der Waals surface area contributed by atoms with Gasteiger partial charge in [-0.2, -0.15) is 5.10 Å². The Morgan fingerprint density at radius 3 is 2.42 bits per heavy atom. The lowest BCUT2D eigenvalue weighted by Gasteiger charge is -2.09. The molecule has 3 aromatic rings. The molecule has 0 bridgehead atoms. The number of benzene rings is 3. The molecule has 26 heavy (non-hydrogen) atoms. The number of hydrogen-bond acceptors (Lipinski definition) is 4. The molecule has 5 heteroatoms. The Labute approximate surface area is 152 Å². The van der Waals surface area contributed by atoms with E-state index < -0.39 is 0 Å². The van der Waals surface area contributed by atoms with E-state index in [4.69, 9.17) is 10.5 Å². The van der Waals surface area contributed by atoms with Gasteiger partial charge in [0.2, 0.25) is 0 Å². The van der Waals surface area contributed by atoms with Crippen molar-refractivity contribution >= 4 is 17.8 Å². The Kier molecular flexibility index (Phi) is 5.62. The Morgan fingerprint density at radius 1 is 0.962 bits per heavy atom. The Balaban J connectivity index is 1.63. The summed E-state index contributed by atoms with van der Waals surface area (Å²) in [7, 11) is 0. The van der Waals surface area contributed by atoms with Gasteiger partial charge in [-0.05, 0) is 42.0 Å². The van der Waals surface area contributed by atoms with E-state index in [1.165, 1.54) is 0 Å². The fraction of sp³-hybridized carbons (Fsp3) is 0.0476. The van der Waals surface area contributed by atoms with Crippen LogP contribution in [0, 0.1) is 0 Å². The molecule has 3 rings (SSSR count). The summed E-state index contributed by atoms with van der Waals surface area (Å²) in [5, 5.41) is 4.02. The van der Waals surface area contributed by atoms with E-state index >= 15 is 0 Å². The van der Waals surface area contributed by atoms with Gasteiger partial charge >= 0.3 is 0 Å². The molecule has 1 amide bonds. The summed E-state index contributed by atoms with van der Waals surface area (Å²) >= 11 is 0. The fourth-order valence-electron chi connectivity index (χ4n) is 2.31. The lowest BCUT2D eigenvalue weighted by molar-refractivity contribution is 0.0955. The first-order chi connectivity index (χ1) is 12.7. The molecule has 5 nitrogen and oxygen atoms in total. The van der Waals surface area contributed by atoms with Crippen molar-refractivity contribution < 1.29 is 9.53 Å². The molecule has 0 heterocycles. The summed E-state index contributed by atoms with van der Waals surface area (Å²) in [5.41, 5.74) is 11.1. The molecule has 0 saturated heterocycles. The molecule has 3 aromatic carbocycles. The first kappa shape index (κ1) is 17.2. The number of para-hydroxylation sites is 1. The molecule has 0 spiro atoms. The van der Waals surface area contributed by atoms with E-state index in [1.54, 1.807) is 30.5 Å². The summed E-state index contributed by atoms with van der Waals surface area (Å²) in [6.45, 7) is 0.462. The fourth-order valence-corrected chi connectivity index (χ4v) is 2.31. The van der Waals surface area contributed by atoms with Gasteiger partial charge in [-0.3, -0.25) is 4.79 Å². The van der Waals surface area contributed by atoms with Crippen LogP contribution in [0.4, 0.5) is 5.69 Å². The number of carbonyl (C=O) groups excluding carboxylic acids is 1. The molecule has 0 atom stereocenters. The number of amides is 1. The number of anilines is 1. The molecule has 0 aliphatic rings. The normalized spacial score (nSPS) is 10.6. The van der Waals surface area contributed by atoms with Crippen molar-refractivity contribution in [3.05, 3.63) is 95.6 Å². The predicted molar refractivity (Wildman–Crippen MR) is 103 cm³/mol. The summed E-state index contributed by atoms with van der Waals surface area (Å²) in [6.07, 6.45) is 1.57. The molecular weight excluding hydrogens is 326 g/mol. The molecule has 0 aliphatic heterocycles. The van der Waals surface area contributed by atoms with E-state index in [0.717, 1.165) is 11.1 Å². The first-order valence-electron chi connectivity index (χ1n) is 8.17. The second kappa shape index (κ2) is 8.48. The second-order valence-electron chi connectivity index (χ2n) is 5.63. The molecule has 0 saturated carbocycles. The van der Waals surface area contributed by atoms with Crippen LogP contribution in [0.3, 0.4) is 0 Å². The number of nitrogens with two attached hydrogens (primary N) is 1. The highest BCUT2D eigenvalue weighted by Gasteiger charge is 2.04. The van der Waals surface area contributed by atoms with E-state index in [0.29, 0.717) is 23.6 Å². The minimum Gasteiger partial charge on any atom is -0.488 e. The van der Waals surface area contributed by atoms with Gasteiger partial charge in [0.1, 0.15) is 12.4 Å². The zero-order valence-corrected chi connectivity index (χ0v) is 14.1. The van der Waals surface area contributed by atoms with E-state index in [1.807, 2.05) is 54.6 Å². The third kappa shape index (κ3) is 4.70. The van der Waals surface area contributed by atoms with Gasteiger partial charge in [0, 0.05) is 16.8 Å². The molecule has 0 aliphatic carbocycles. The summed E-state index contributed by atoms with van der Waals surface area (Å²) in [4.78, 5) is 12.0. The number of nitrogen functional groups attached to an aromatic ring is 1. The maximum absolute atomic E-state index is 12.0. The predicted octanol–water partition coefficient (Wildman–Crippen LogP) is 3.61. The molecule has 3 N–H and O–H groups in total. The van der Waals surface area contributed by atoms with Crippen LogP contribution in [0.25, 0.3) is 0 Å². The first-order valence-corrected chi connectivity index (χ1v) is 8.17. The van der Waals surface area contributed by atoms with Crippen LogP contribution in [0.1, 0.15) is 21.5 Å². The van der Waals surface area contributed by atoms with Gasteiger partial charge in [0.15, 0.2) is 0 Å². The molecule has 130 valence electrons. The average molecular weight is 345 g/mol. The van der Waals surface area contributed by atoms with E-state index in [9.17, 15) is 4.79 Å². The number of carbonyl (C=O) groups is 1. The maximum atomic E-state index is 12.0. The quantitative estimate of drug-likeness (QED) is 0.407. The monoisotopic (exact) mass is 345 g/mol. The van der Waals surface area contributed by atoms with Gasteiger partial charge < -0.3 is 10.5 Å². The van der Waals surface area contributed by atoms with Crippen molar-refractivity contribution in [2.45, 2.75) is 6.61 Å². The van der Waals surface area contributed by atoms with Crippen LogP contribution in [0.2, 0.25) is 0 Å². The standard InChI is InChI=1S/C21H19N3O2/c22-19-12-10-17(11-13-19)21(25)24-23-14-18-8-4-5-9-20(18)26-15-16-6-2-1-3-7-16/h1-14H,15,22H2,(H,24,25)/b23-14+. The maximum Gasteiger partial charge on any atom is 0.271 e. The minimum absolute atomic E-state index is 0.302. The van der Waals surface area contributed by atoms with E-state index in [2.05, 4.69) is 10.5 Å². The smallest absolute Gasteiger partial charge is 0.271 e. The van der Waals surface area contributed by atoms with Crippen molar-refractivity contribution in [1.29, 1.82) is 0 Å². The Morgan fingerprint density at radius 2 is 1.65 bits per heavy atom. The van der Waals surface area contributed by atoms with Crippen LogP contribution >= 0.6 is 0 Å². The molecule has 0 unspecified atom stereocenters. The van der Waals surface area contributed by atoms with Crippen molar-refractivity contribution in [3.63, 3.8) is 0 Å². The minimum atomic E-state index is -0.302. The summed E-state index contributed by atoms with van der Waals surface area (Å²) in [6, 6.07) is 24.1. The molecule has 0 fully saturated rings. The van der Waals surface area contributed by atoms with E-state index in [-0.39, 0.29) is 5.91 Å². The SMILES string of the molecule is Nc1ccc(C(=O)N/N=C/c2ccccc2OCc2ccccc2)cc1. The van der Waals surface area contributed by atoms with Crippen LogP contribution in [0.5, 0.6) is 5.75 Å². The van der Waals surface area contributed by atoms with Crippen molar-refractivity contribution in [2.75, 3.05) is 5.73 Å². The summed E-state index contributed by atoms with van der Waals surface area (Å²) in [5.74, 6) is 0.394. The topological polar surface area (TPSA) is 76.7 Å². The summed E-state index contributed by atoms with van der Waals surface area (Å²) < 4.78 is 5.86. The lowest BCUT2D eigenvalue weighted by atomic mass is 10.2. The molecular formula is C21H19N3O2. The third-order valence-electron chi connectivity index (χ3n) is 3.70. The number of nitrogens with zero attached hydrogens (tertiary/aromatic N) is 1. The highest BCUT2D eigenvalue weighted by atomic mass is 16.5. The number of nitrogens with one attached hydrogen (secondary N) is 1. The number of hydrazone groups is 1. The number of rotatable bonds is 6. The zero-order valence-electron chi connectivity index (χ0n) is 14.1. The van der Waals surface area contributed by atoms with Gasteiger partial charge in [0.25, 0.3) is 5.91 Å².